The molecule has 4 nitrogen and oxygen atoms in total. The molecule has 4 heteroatoms. The summed E-state index contributed by atoms with van der Waals surface area (Å²) in [5, 5.41) is 0. The second kappa shape index (κ2) is 7.75. The molecule has 0 aliphatic carbocycles. The van der Waals surface area contributed by atoms with Crippen molar-refractivity contribution in [2.75, 3.05) is 40.0 Å². The summed E-state index contributed by atoms with van der Waals surface area (Å²) in [4.78, 5) is 14.8. The summed E-state index contributed by atoms with van der Waals surface area (Å²) in [5.41, 5.74) is 1.99. The highest BCUT2D eigenvalue weighted by Crippen LogP contribution is 2.31. The molecule has 2 rings (SSSR count). The Bertz CT molecular complexity index is 495. The highest BCUT2D eigenvalue weighted by atomic mass is 16.5. The standard InChI is InChI=1S/C18H27NO3/c1-15-5-4-6-16(13-15)17(20)19(9-12-21-3)14-18(2)7-10-22-11-8-18/h4-6,13H,7-12,14H2,1-3H3. The van der Waals surface area contributed by atoms with Crippen LogP contribution in [0, 0.1) is 12.3 Å². The van der Waals surface area contributed by atoms with E-state index >= 15 is 0 Å². The third-order valence-corrected chi connectivity index (χ3v) is 4.39. The minimum atomic E-state index is 0.0912. The number of nitrogens with zero attached hydrogens (tertiary/aromatic N) is 1. The molecular weight excluding hydrogens is 278 g/mol. The summed E-state index contributed by atoms with van der Waals surface area (Å²) in [5.74, 6) is 0.0912. The Morgan fingerprint density at radius 1 is 1.36 bits per heavy atom. The molecule has 0 N–H and O–H groups in total. The highest BCUT2D eigenvalue weighted by Gasteiger charge is 2.31. The number of ether oxygens (including phenoxy) is 2. The molecular formula is C18H27NO3. The molecule has 0 bridgehead atoms. The van der Waals surface area contributed by atoms with E-state index in [1.165, 1.54) is 0 Å². The van der Waals surface area contributed by atoms with Crippen molar-refractivity contribution >= 4 is 5.91 Å². The number of carbonyl (C=O) groups is 1. The fourth-order valence-electron chi connectivity index (χ4n) is 2.90. The Balaban J connectivity index is 2.12. The number of rotatable bonds is 6. The summed E-state index contributed by atoms with van der Waals surface area (Å²) in [6.45, 7) is 7.77. The molecule has 0 atom stereocenters. The van der Waals surface area contributed by atoms with Gasteiger partial charge in [-0.1, -0.05) is 24.6 Å². The predicted molar refractivity (Wildman–Crippen MR) is 87.1 cm³/mol. The van der Waals surface area contributed by atoms with Crippen LogP contribution in [0.2, 0.25) is 0 Å². The fourth-order valence-corrected chi connectivity index (χ4v) is 2.90. The number of methoxy groups -OCH3 is 1. The zero-order chi connectivity index (χ0) is 16.0. The van der Waals surface area contributed by atoms with Gasteiger partial charge >= 0.3 is 0 Å². The van der Waals surface area contributed by atoms with Crippen molar-refractivity contribution in [2.45, 2.75) is 26.7 Å². The van der Waals surface area contributed by atoms with Gasteiger partial charge in [-0.05, 0) is 37.3 Å². The Morgan fingerprint density at radius 3 is 2.73 bits per heavy atom. The van der Waals surface area contributed by atoms with Crippen molar-refractivity contribution in [2.24, 2.45) is 5.41 Å². The molecule has 0 saturated carbocycles. The van der Waals surface area contributed by atoms with E-state index in [9.17, 15) is 4.79 Å². The highest BCUT2D eigenvalue weighted by molar-refractivity contribution is 5.94. The van der Waals surface area contributed by atoms with Crippen molar-refractivity contribution in [3.05, 3.63) is 35.4 Å². The lowest BCUT2D eigenvalue weighted by Crippen LogP contribution is -2.44. The van der Waals surface area contributed by atoms with E-state index in [-0.39, 0.29) is 11.3 Å². The van der Waals surface area contributed by atoms with Crippen LogP contribution >= 0.6 is 0 Å². The molecule has 1 saturated heterocycles. The van der Waals surface area contributed by atoms with Gasteiger partial charge in [-0.15, -0.1) is 0 Å². The van der Waals surface area contributed by atoms with Crippen LogP contribution in [0.5, 0.6) is 0 Å². The zero-order valence-electron chi connectivity index (χ0n) is 13.9. The molecule has 1 fully saturated rings. The Morgan fingerprint density at radius 2 is 2.09 bits per heavy atom. The smallest absolute Gasteiger partial charge is 0.253 e. The van der Waals surface area contributed by atoms with Crippen molar-refractivity contribution in [3.8, 4) is 0 Å². The molecule has 0 radical (unpaired) electrons. The number of hydrogen-bond acceptors (Lipinski definition) is 3. The van der Waals surface area contributed by atoms with E-state index < -0.39 is 0 Å². The van der Waals surface area contributed by atoms with Crippen LogP contribution < -0.4 is 0 Å². The topological polar surface area (TPSA) is 38.8 Å². The predicted octanol–water partition coefficient (Wildman–Crippen LogP) is 2.90. The van der Waals surface area contributed by atoms with E-state index in [1.807, 2.05) is 36.1 Å². The van der Waals surface area contributed by atoms with Crippen LogP contribution in [0.1, 0.15) is 35.7 Å². The zero-order valence-corrected chi connectivity index (χ0v) is 13.9. The number of carbonyl (C=O) groups excluding carboxylic acids is 1. The van der Waals surface area contributed by atoms with Gasteiger partial charge in [0.25, 0.3) is 5.91 Å². The average molecular weight is 305 g/mol. The monoisotopic (exact) mass is 305 g/mol. The van der Waals surface area contributed by atoms with Gasteiger partial charge in [0.05, 0.1) is 6.61 Å². The largest absolute Gasteiger partial charge is 0.383 e. The van der Waals surface area contributed by atoms with E-state index in [0.717, 1.165) is 43.7 Å². The maximum atomic E-state index is 12.9. The molecule has 0 unspecified atom stereocenters. The van der Waals surface area contributed by atoms with Crippen molar-refractivity contribution in [1.82, 2.24) is 4.90 Å². The maximum Gasteiger partial charge on any atom is 0.253 e. The van der Waals surface area contributed by atoms with E-state index in [2.05, 4.69) is 6.92 Å². The fraction of sp³-hybridized carbons (Fsp3) is 0.611. The minimum absolute atomic E-state index is 0.0912. The van der Waals surface area contributed by atoms with Crippen LogP contribution in [-0.4, -0.2) is 50.8 Å². The SMILES string of the molecule is COCCN(CC1(C)CCOCC1)C(=O)c1cccc(C)c1. The van der Waals surface area contributed by atoms with Crippen LogP contribution in [0.4, 0.5) is 0 Å². The van der Waals surface area contributed by atoms with Gasteiger partial charge in [-0.3, -0.25) is 4.79 Å². The van der Waals surface area contributed by atoms with Gasteiger partial charge in [-0.25, -0.2) is 0 Å². The maximum absolute atomic E-state index is 12.9. The summed E-state index contributed by atoms with van der Waals surface area (Å²) in [7, 11) is 1.67. The molecule has 1 aromatic carbocycles. The van der Waals surface area contributed by atoms with Crippen LogP contribution in [0.15, 0.2) is 24.3 Å². The lowest BCUT2D eigenvalue weighted by molar-refractivity contribution is 0.00274. The van der Waals surface area contributed by atoms with Crippen molar-refractivity contribution < 1.29 is 14.3 Å². The van der Waals surface area contributed by atoms with Crippen molar-refractivity contribution in [1.29, 1.82) is 0 Å². The van der Waals surface area contributed by atoms with Gasteiger partial charge in [0, 0.05) is 39.0 Å². The van der Waals surface area contributed by atoms with E-state index in [1.54, 1.807) is 7.11 Å². The third kappa shape index (κ3) is 4.55. The average Bonchev–Trinajstić information content (AvgIpc) is 2.51. The first-order valence-electron chi connectivity index (χ1n) is 7.97. The second-order valence-corrected chi connectivity index (χ2v) is 6.51. The summed E-state index contributed by atoms with van der Waals surface area (Å²) in [6.07, 6.45) is 2.00. The number of amides is 1. The van der Waals surface area contributed by atoms with Gasteiger partial charge < -0.3 is 14.4 Å². The Kier molecular flexibility index (Phi) is 5.98. The Hall–Kier alpha value is -1.39. The lowest BCUT2D eigenvalue weighted by Gasteiger charge is -2.38. The summed E-state index contributed by atoms with van der Waals surface area (Å²) < 4.78 is 10.6. The second-order valence-electron chi connectivity index (χ2n) is 6.51. The molecule has 0 spiro atoms. The van der Waals surface area contributed by atoms with Gasteiger partial charge in [0.15, 0.2) is 0 Å². The molecule has 1 aliphatic heterocycles. The summed E-state index contributed by atoms with van der Waals surface area (Å²) >= 11 is 0. The number of benzene rings is 1. The summed E-state index contributed by atoms with van der Waals surface area (Å²) in [6, 6.07) is 7.79. The quantitative estimate of drug-likeness (QED) is 0.811. The van der Waals surface area contributed by atoms with Crippen LogP contribution in [0.25, 0.3) is 0 Å². The lowest BCUT2D eigenvalue weighted by atomic mass is 9.82. The molecule has 1 heterocycles. The number of hydrogen-bond donors (Lipinski definition) is 0. The number of aryl methyl sites for hydroxylation is 1. The first-order chi connectivity index (χ1) is 10.5. The normalized spacial score (nSPS) is 17.2. The molecule has 1 aliphatic rings. The minimum Gasteiger partial charge on any atom is -0.383 e. The van der Waals surface area contributed by atoms with E-state index in [4.69, 9.17) is 9.47 Å². The van der Waals surface area contributed by atoms with Crippen LogP contribution in [-0.2, 0) is 9.47 Å². The molecule has 1 amide bonds. The van der Waals surface area contributed by atoms with Gasteiger partial charge in [0.1, 0.15) is 0 Å². The van der Waals surface area contributed by atoms with Gasteiger partial charge in [0.2, 0.25) is 0 Å². The van der Waals surface area contributed by atoms with Gasteiger partial charge in [-0.2, -0.15) is 0 Å². The first kappa shape index (κ1) is 17.0. The molecule has 1 aromatic rings. The van der Waals surface area contributed by atoms with Crippen LogP contribution in [0.3, 0.4) is 0 Å². The molecule has 22 heavy (non-hydrogen) atoms. The van der Waals surface area contributed by atoms with Crippen molar-refractivity contribution in [3.63, 3.8) is 0 Å². The Labute approximate surface area is 133 Å². The molecule has 122 valence electrons. The third-order valence-electron chi connectivity index (χ3n) is 4.39. The first-order valence-corrected chi connectivity index (χ1v) is 7.97. The molecule has 0 aromatic heterocycles. The van der Waals surface area contributed by atoms with E-state index in [0.29, 0.717) is 13.2 Å².